The number of amides is 4. The molecule has 1 heterocycles. The number of nitrogens with zero attached hydrogens (tertiary/aromatic N) is 1. The Labute approximate surface area is 198 Å². The van der Waals surface area contributed by atoms with Crippen LogP contribution in [0.4, 0.5) is 4.79 Å². The lowest BCUT2D eigenvalue weighted by atomic mass is 9.97. The zero-order valence-corrected chi connectivity index (χ0v) is 20.1. The highest BCUT2D eigenvalue weighted by atomic mass is 79.9. The molecule has 0 radical (unpaired) electrons. The number of imide groups is 3. The third kappa shape index (κ3) is 3.58. The molecule has 3 aromatic carbocycles. The quantitative estimate of drug-likeness (QED) is 0.395. The van der Waals surface area contributed by atoms with Crippen molar-refractivity contribution < 1.29 is 31.4 Å². The number of rotatable bonds is 4. The van der Waals surface area contributed by atoms with Gasteiger partial charge >= 0.3 is 6.03 Å². The summed E-state index contributed by atoms with van der Waals surface area (Å²) in [7, 11) is -2.65. The molecule has 5 nitrogen and oxygen atoms in total. The summed E-state index contributed by atoms with van der Waals surface area (Å²) in [4.78, 5) is 39.1. The van der Waals surface area contributed by atoms with Crippen LogP contribution in [-0.4, -0.2) is 27.9 Å². The van der Waals surface area contributed by atoms with Gasteiger partial charge in [-0.3, -0.25) is 9.59 Å². The van der Waals surface area contributed by atoms with Crippen molar-refractivity contribution in [2.75, 3.05) is 0 Å². The van der Waals surface area contributed by atoms with Gasteiger partial charge in [-0.15, -0.1) is 0 Å². The van der Waals surface area contributed by atoms with Gasteiger partial charge in [0, 0.05) is 12.8 Å². The number of hydrogen-bond donors (Lipinski definition) is 1. The van der Waals surface area contributed by atoms with Gasteiger partial charge in [-0.25, -0.2) is 4.79 Å². The first kappa shape index (κ1) is 23.8. The Hall–Kier alpha value is -2.82. The van der Waals surface area contributed by atoms with Crippen LogP contribution in [0, 0.1) is 0 Å². The van der Waals surface area contributed by atoms with E-state index in [0.717, 1.165) is 15.9 Å². The molecule has 1 fully saturated rings. The summed E-state index contributed by atoms with van der Waals surface area (Å²) in [6.07, 6.45) is 0.417. The fraction of sp³-hybridized carbons (Fsp3) is 0.160. The zero-order valence-electron chi connectivity index (χ0n) is 17.6. The molecule has 0 saturated carbocycles. The van der Waals surface area contributed by atoms with E-state index in [1.807, 2.05) is 97.9 Å². The third-order valence-electron chi connectivity index (χ3n) is 6.13. The van der Waals surface area contributed by atoms with Crippen molar-refractivity contribution >= 4 is 41.0 Å². The molecule has 4 amide bonds. The van der Waals surface area contributed by atoms with Crippen LogP contribution in [0.3, 0.4) is 0 Å². The second-order valence-electron chi connectivity index (χ2n) is 7.82. The van der Waals surface area contributed by atoms with Crippen LogP contribution in [0.25, 0.3) is 0 Å². The predicted molar refractivity (Wildman–Crippen MR) is 124 cm³/mol. The first-order valence-corrected chi connectivity index (χ1v) is 11.9. The number of nitrogens with two attached hydrogens (primary N) is 1. The Morgan fingerprint density at radius 1 is 0.812 bits per heavy atom. The van der Waals surface area contributed by atoms with Crippen LogP contribution in [0.2, 0.25) is 0 Å². The lowest BCUT2D eigenvalue weighted by Gasteiger charge is -2.44. The minimum Gasteiger partial charge on any atom is -1.00 e. The Bertz CT molecular complexity index is 1030. The molecule has 0 spiro atoms. The number of piperidine rings is 1. The summed E-state index contributed by atoms with van der Waals surface area (Å²) >= 11 is 0. The van der Waals surface area contributed by atoms with E-state index in [4.69, 9.17) is 5.73 Å². The maximum absolute atomic E-state index is 13.9. The predicted octanol–water partition coefficient (Wildman–Crippen LogP) is -0.0291. The molecule has 1 aliphatic rings. The summed E-state index contributed by atoms with van der Waals surface area (Å²) in [5.74, 6) is -1.07. The molecule has 3 aromatic rings. The molecule has 1 saturated heterocycles. The Morgan fingerprint density at radius 3 is 1.53 bits per heavy atom. The minimum absolute atomic E-state index is 0. The molecule has 164 valence electrons. The van der Waals surface area contributed by atoms with E-state index in [9.17, 15) is 14.4 Å². The molecule has 0 aliphatic carbocycles. The van der Waals surface area contributed by atoms with Crippen molar-refractivity contribution in [3.05, 3.63) is 91.0 Å². The first-order valence-electron chi connectivity index (χ1n) is 10.2. The summed E-state index contributed by atoms with van der Waals surface area (Å²) in [6, 6.07) is 28.8. The fourth-order valence-electron chi connectivity index (χ4n) is 4.71. The van der Waals surface area contributed by atoms with Crippen molar-refractivity contribution in [1.82, 2.24) is 4.90 Å². The Morgan fingerprint density at radius 2 is 1.19 bits per heavy atom. The second kappa shape index (κ2) is 9.35. The maximum atomic E-state index is 13.9. The fourth-order valence-corrected chi connectivity index (χ4v) is 10.0. The number of likely N-dealkylation sites (tertiary alicyclic amines) is 1. The van der Waals surface area contributed by atoms with Crippen LogP contribution in [0.15, 0.2) is 91.0 Å². The monoisotopic (exact) mass is 510 g/mol. The van der Waals surface area contributed by atoms with Crippen molar-refractivity contribution in [2.24, 2.45) is 5.73 Å². The van der Waals surface area contributed by atoms with Gasteiger partial charge < -0.3 is 22.7 Å². The van der Waals surface area contributed by atoms with E-state index in [1.54, 1.807) is 0 Å². The maximum Gasteiger partial charge on any atom is 0.328 e. The van der Waals surface area contributed by atoms with E-state index < -0.39 is 30.3 Å². The molecular formula is C25H24BrN2O3P. The molecule has 1 aliphatic heterocycles. The molecular weight excluding hydrogens is 487 g/mol. The van der Waals surface area contributed by atoms with Gasteiger partial charge in [0.25, 0.3) is 5.91 Å². The lowest BCUT2D eigenvalue weighted by Crippen LogP contribution is -3.00. The zero-order chi connectivity index (χ0) is 22.1. The second-order valence-corrected chi connectivity index (χ2v) is 11.7. The van der Waals surface area contributed by atoms with Gasteiger partial charge in [0.2, 0.25) is 5.91 Å². The topological polar surface area (TPSA) is 80.5 Å². The highest BCUT2D eigenvalue weighted by Crippen LogP contribution is 2.68. The third-order valence-corrected chi connectivity index (χ3v) is 11.2. The van der Waals surface area contributed by atoms with Gasteiger partial charge in [0.1, 0.15) is 23.2 Å². The van der Waals surface area contributed by atoms with Crippen molar-refractivity contribution in [3.8, 4) is 0 Å². The summed E-state index contributed by atoms with van der Waals surface area (Å²) in [5, 5.41) is 2.02. The standard InChI is InChI=1S/C25H23N2O3P.BrH/c1-25(18-17-22(28)27(23(25)29)24(26)30)31(19-11-5-2-6-12-19,20-13-7-3-8-14-20)21-15-9-4-10-16-21;/h2-16H,17-18H2,1H3,(H-,26,30);1H. The SMILES string of the molecule is CC1([P+](c2ccccc2)(c2ccccc2)c2ccccc2)CCC(=O)N(C(N)=O)C1=O.[Br-]. The van der Waals surface area contributed by atoms with E-state index in [-0.39, 0.29) is 23.4 Å². The number of benzene rings is 3. The average molecular weight is 511 g/mol. The Kier molecular flexibility index (Phi) is 6.97. The molecule has 32 heavy (non-hydrogen) atoms. The van der Waals surface area contributed by atoms with Crippen molar-refractivity contribution in [1.29, 1.82) is 0 Å². The highest BCUT2D eigenvalue weighted by Gasteiger charge is 2.67. The molecule has 0 aromatic heterocycles. The largest absolute Gasteiger partial charge is 1.00 e. The van der Waals surface area contributed by atoms with Crippen LogP contribution < -0.4 is 38.6 Å². The molecule has 1 atom stereocenters. The Balaban J connectivity index is 0.00000289. The van der Waals surface area contributed by atoms with Gasteiger partial charge in [0.15, 0.2) is 5.16 Å². The van der Waals surface area contributed by atoms with Crippen LogP contribution in [0.1, 0.15) is 19.8 Å². The minimum atomic E-state index is -2.65. The van der Waals surface area contributed by atoms with Crippen LogP contribution in [-0.2, 0) is 9.59 Å². The molecule has 1 unspecified atom stereocenters. The molecule has 2 N–H and O–H groups in total. The van der Waals surface area contributed by atoms with E-state index >= 15 is 0 Å². The molecule has 4 rings (SSSR count). The van der Waals surface area contributed by atoms with Gasteiger partial charge in [-0.05, 0) is 43.3 Å². The summed E-state index contributed by atoms with van der Waals surface area (Å²) < 4.78 is 0. The first-order chi connectivity index (χ1) is 14.9. The average Bonchev–Trinajstić information content (AvgIpc) is 2.79. The number of hydrogen-bond acceptors (Lipinski definition) is 3. The van der Waals surface area contributed by atoms with Gasteiger partial charge in [-0.1, -0.05) is 54.6 Å². The van der Waals surface area contributed by atoms with E-state index in [2.05, 4.69) is 0 Å². The van der Waals surface area contributed by atoms with Crippen molar-refractivity contribution in [2.45, 2.75) is 24.9 Å². The van der Waals surface area contributed by atoms with Crippen molar-refractivity contribution in [3.63, 3.8) is 0 Å². The van der Waals surface area contributed by atoms with Gasteiger partial charge in [0.05, 0.1) is 0 Å². The molecule has 0 bridgehead atoms. The summed E-state index contributed by atoms with van der Waals surface area (Å²) in [6.45, 7) is 1.89. The molecule has 7 heteroatoms. The van der Waals surface area contributed by atoms with E-state index in [1.165, 1.54) is 0 Å². The van der Waals surface area contributed by atoms with Crippen LogP contribution in [0.5, 0.6) is 0 Å². The smallest absolute Gasteiger partial charge is 0.328 e. The number of carbonyl (C=O) groups excluding carboxylic acids is 3. The lowest BCUT2D eigenvalue weighted by molar-refractivity contribution is -0.145. The number of halogens is 1. The van der Waals surface area contributed by atoms with E-state index in [0.29, 0.717) is 11.3 Å². The van der Waals surface area contributed by atoms with Crippen LogP contribution >= 0.6 is 7.26 Å². The number of primary amides is 1. The van der Waals surface area contributed by atoms with Gasteiger partial charge in [-0.2, -0.15) is 4.90 Å². The highest BCUT2D eigenvalue weighted by molar-refractivity contribution is 7.97. The normalized spacial score (nSPS) is 18.7. The summed E-state index contributed by atoms with van der Waals surface area (Å²) in [5.41, 5.74) is 5.49. The number of carbonyl (C=O) groups is 3. The number of urea groups is 1.